The Morgan fingerprint density at radius 2 is 1.51 bits per heavy atom. The molecule has 37 heavy (non-hydrogen) atoms. The molecule has 1 heterocycles. The zero-order valence-electron chi connectivity index (χ0n) is 22.8. The number of nitrogens with one attached hydrogen (secondary N) is 2. The van der Waals surface area contributed by atoms with Gasteiger partial charge < -0.3 is 24.8 Å². The number of benzene rings is 2. The minimum Gasteiger partial charge on any atom is -0.493 e. The number of hydrogen-bond donors (Lipinski definition) is 2. The predicted molar refractivity (Wildman–Crippen MR) is 144 cm³/mol. The Morgan fingerprint density at radius 1 is 0.973 bits per heavy atom. The zero-order valence-corrected chi connectivity index (χ0v) is 23.6. The Bertz CT molecular complexity index is 1160. The van der Waals surface area contributed by atoms with Gasteiger partial charge in [-0.25, -0.2) is 8.42 Å². The van der Waals surface area contributed by atoms with Crippen LogP contribution in [0.4, 0.5) is 5.69 Å². The van der Waals surface area contributed by atoms with E-state index < -0.39 is 21.6 Å². The van der Waals surface area contributed by atoms with Gasteiger partial charge in [0.2, 0.25) is 21.7 Å². The van der Waals surface area contributed by atoms with E-state index in [1.54, 1.807) is 40.7 Å². The molecule has 204 valence electrons. The first-order valence-electron chi connectivity index (χ1n) is 12.4. The third-order valence-electron chi connectivity index (χ3n) is 6.33. The molecule has 1 saturated heterocycles. The highest BCUT2D eigenvalue weighted by Gasteiger charge is 2.29. The quantitative estimate of drug-likeness (QED) is 0.498. The number of amides is 1. The summed E-state index contributed by atoms with van der Waals surface area (Å²) in [4.78, 5) is 13.6. The molecule has 1 amide bonds. The Kier molecular flexibility index (Phi) is 8.96. The van der Waals surface area contributed by atoms with E-state index in [0.717, 1.165) is 12.8 Å². The van der Waals surface area contributed by atoms with Crippen LogP contribution in [0.15, 0.2) is 41.3 Å². The second-order valence-electron chi connectivity index (χ2n) is 10.4. The van der Waals surface area contributed by atoms with E-state index in [4.69, 9.17) is 14.2 Å². The first-order chi connectivity index (χ1) is 17.4. The first-order valence-corrected chi connectivity index (χ1v) is 13.8. The van der Waals surface area contributed by atoms with Crippen LogP contribution in [0.1, 0.15) is 52.1 Å². The summed E-state index contributed by atoms with van der Waals surface area (Å²) in [6.07, 6.45) is 1.72. The molecule has 0 spiro atoms. The number of sulfonamides is 1. The third kappa shape index (κ3) is 6.87. The van der Waals surface area contributed by atoms with Crippen LogP contribution in [0.2, 0.25) is 0 Å². The van der Waals surface area contributed by atoms with Crippen LogP contribution in [-0.2, 0) is 14.8 Å². The van der Waals surface area contributed by atoms with Crippen molar-refractivity contribution in [2.75, 3.05) is 39.7 Å². The van der Waals surface area contributed by atoms with Gasteiger partial charge in [-0.05, 0) is 81.5 Å². The van der Waals surface area contributed by atoms with E-state index in [9.17, 15) is 13.2 Å². The van der Waals surface area contributed by atoms with Crippen LogP contribution in [-0.4, -0.2) is 58.6 Å². The Balaban J connectivity index is 1.93. The molecule has 0 saturated carbocycles. The third-order valence-corrected chi connectivity index (χ3v) is 8.24. The topological polar surface area (TPSA) is 106 Å². The zero-order chi connectivity index (χ0) is 27.4. The number of ether oxygens (including phenoxy) is 3. The highest BCUT2D eigenvalue weighted by Crippen LogP contribution is 2.40. The van der Waals surface area contributed by atoms with Crippen molar-refractivity contribution in [3.8, 4) is 17.2 Å². The highest BCUT2D eigenvalue weighted by molar-refractivity contribution is 7.89. The normalized spacial score (nSPS) is 16.1. The number of carbonyl (C=O) groups excluding carboxylic acids is 1. The number of nitrogens with zero attached hydrogens (tertiary/aromatic N) is 1. The number of rotatable bonds is 9. The Morgan fingerprint density at radius 3 is 1.97 bits per heavy atom. The molecule has 0 unspecified atom stereocenters. The van der Waals surface area contributed by atoms with E-state index in [-0.39, 0.29) is 10.8 Å². The van der Waals surface area contributed by atoms with Crippen molar-refractivity contribution in [3.63, 3.8) is 0 Å². The molecule has 10 heteroatoms. The second kappa shape index (κ2) is 11.6. The number of piperidine rings is 1. The Hall–Kier alpha value is -2.98. The lowest BCUT2D eigenvalue weighted by Crippen LogP contribution is -2.44. The number of carbonyl (C=O) groups is 1. The van der Waals surface area contributed by atoms with Crippen LogP contribution in [0.25, 0.3) is 0 Å². The fraction of sp³-hybridized carbons (Fsp3) is 0.519. The lowest BCUT2D eigenvalue weighted by molar-refractivity contribution is -0.123. The molecule has 2 N–H and O–H groups in total. The number of methoxy groups -OCH3 is 3. The molecule has 3 rings (SSSR count). The lowest BCUT2D eigenvalue weighted by atomic mass is 10.0. The molecular formula is C27H39N3O6S. The van der Waals surface area contributed by atoms with Crippen molar-refractivity contribution >= 4 is 21.6 Å². The molecule has 2 aromatic rings. The van der Waals surface area contributed by atoms with E-state index in [2.05, 4.69) is 17.6 Å². The van der Waals surface area contributed by atoms with Crippen LogP contribution in [0.3, 0.4) is 0 Å². The maximum Gasteiger partial charge on any atom is 0.247 e. The predicted octanol–water partition coefficient (Wildman–Crippen LogP) is 4.20. The van der Waals surface area contributed by atoms with Crippen LogP contribution < -0.4 is 24.8 Å². The maximum absolute atomic E-state index is 13.4. The minimum atomic E-state index is -3.57. The van der Waals surface area contributed by atoms with Gasteiger partial charge >= 0.3 is 0 Å². The van der Waals surface area contributed by atoms with Gasteiger partial charge in [-0.3, -0.25) is 4.79 Å². The van der Waals surface area contributed by atoms with E-state index in [1.807, 2.05) is 20.8 Å². The fourth-order valence-electron chi connectivity index (χ4n) is 4.27. The van der Waals surface area contributed by atoms with Gasteiger partial charge in [0.1, 0.15) is 6.04 Å². The summed E-state index contributed by atoms with van der Waals surface area (Å²) in [6, 6.07) is 9.12. The van der Waals surface area contributed by atoms with Gasteiger partial charge in [-0.15, -0.1) is 0 Å². The van der Waals surface area contributed by atoms with Gasteiger partial charge in [0.05, 0.1) is 26.2 Å². The first kappa shape index (κ1) is 28.6. The van der Waals surface area contributed by atoms with Gasteiger partial charge in [-0.2, -0.15) is 4.31 Å². The van der Waals surface area contributed by atoms with Crippen LogP contribution in [0, 0.1) is 5.92 Å². The van der Waals surface area contributed by atoms with Crippen molar-refractivity contribution in [3.05, 3.63) is 42.0 Å². The second-order valence-corrected chi connectivity index (χ2v) is 12.3. The molecule has 0 radical (unpaired) electrons. The molecule has 1 fully saturated rings. The summed E-state index contributed by atoms with van der Waals surface area (Å²) in [5, 5.41) is 6.26. The van der Waals surface area contributed by atoms with Crippen molar-refractivity contribution in [2.45, 2.75) is 57.0 Å². The lowest BCUT2D eigenvalue weighted by Gasteiger charge is -2.29. The summed E-state index contributed by atoms with van der Waals surface area (Å²) >= 11 is 0. The molecular weight excluding hydrogens is 494 g/mol. The maximum atomic E-state index is 13.4. The fourth-order valence-corrected chi connectivity index (χ4v) is 5.74. The van der Waals surface area contributed by atoms with Crippen molar-refractivity contribution in [1.29, 1.82) is 0 Å². The average Bonchev–Trinajstić information content (AvgIpc) is 2.85. The molecule has 0 bridgehead atoms. The number of hydrogen-bond acceptors (Lipinski definition) is 7. The molecule has 1 atom stereocenters. The van der Waals surface area contributed by atoms with Crippen molar-refractivity contribution in [1.82, 2.24) is 9.62 Å². The van der Waals surface area contributed by atoms with E-state index >= 15 is 0 Å². The summed E-state index contributed by atoms with van der Waals surface area (Å²) in [5.74, 6) is 1.53. The van der Waals surface area contributed by atoms with Crippen LogP contribution in [0.5, 0.6) is 17.2 Å². The SMILES string of the molecule is COc1cc([C@@H](Nc2ccc(S(=O)(=O)N3CCC(C)CC3)cc2)C(=O)NC(C)(C)C)cc(OC)c1OC. The molecule has 2 aromatic carbocycles. The molecule has 9 nitrogen and oxygen atoms in total. The minimum absolute atomic E-state index is 0.232. The van der Waals surface area contributed by atoms with Crippen molar-refractivity contribution in [2.24, 2.45) is 5.92 Å². The van der Waals surface area contributed by atoms with Crippen molar-refractivity contribution < 1.29 is 27.4 Å². The largest absolute Gasteiger partial charge is 0.493 e. The molecule has 1 aliphatic rings. The summed E-state index contributed by atoms with van der Waals surface area (Å²) < 4.78 is 44.2. The standard InChI is InChI=1S/C27H39N3O6S/c1-18-12-14-30(15-13-18)37(32,33)21-10-8-20(9-11-21)28-24(26(31)29-27(2,3)4)19-16-22(34-5)25(36-7)23(17-19)35-6/h8-11,16-18,24,28H,12-15H2,1-7H3,(H,29,31)/t24-/m1/s1. The highest BCUT2D eigenvalue weighted by atomic mass is 32.2. The average molecular weight is 534 g/mol. The van der Waals surface area contributed by atoms with E-state index in [0.29, 0.717) is 47.5 Å². The van der Waals surface area contributed by atoms with Gasteiger partial charge in [0.15, 0.2) is 11.5 Å². The monoisotopic (exact) mass is 533 g/mol. The molecule has 0 aromatic heterocycles. The van der Waals surface area contributed by atoms with Gasteiger partial charge in [0, 0.05) is 24.3 Å². The van der Waals surface area contributed by atoms with E-state index in [1.165, 1.54) is 21.3 Å². The van der Waals surface area contributed by atoms with Gasteiger partial charge in [-0.1, -0.05) is 6.92 Å². The molecule has 1 aliphatic heterocycles. The summed E-state index contributed by atoms with van der Waals surface area (Å²) in [6.45, 7) is 8.90. The Labute approximate surface area is 220 Å². The summed E-state index contributed by atoms with van der Waals surface area (Å²) in [5.41, 5.74) is 0.714. The smallest absolute Gasteiger partial charge is 0.247 e. The van der Waals surface area contributed by atoms with Crippen LogP contribution >= 0.6 is 0 Å². The number of anilines is 1. The van der Waals surface area contributed by atoms with Gasteiger partial charge in [0.25, 0.3) is 0 Å². The molecule has 0 aliphatic carbocycles. The summed E-state index contributed by atoms with van der Waals surface area (Å²) in [7, 11) is 0.976.